The molecule has 0 radical (unpaired) electrons. The molecule has 3 aromatic carbocycles. The molecule has 4 rings (SSSR count). The van der Waals surface area contributed by atoms with Gasteiger partial charge in [0.2, 0.25) is 0 Å². The zero-order chi connectivity index (χ0) is 17.4. The van der Waals surface area contributed by atoms with Crippen molar-refractivity contribution in [2.45, 2.75) is 13.3 Å². The first-order chi connectivity index (χ1) is 12.1. The van der Waals surface area contributed by atoms with Crippen LogP contribution in [0.25, 0.3) is 22.2 Å². The lowest BCUT2D eigenvalue weighted by molar-refractivity contribution is 0.562. The van der Waals surface area contributed by atoms with Crippen LogP contribution >= 0.6 is 11.6 Å². The van der Waals surface area contributed by atoms with E-state index in [9.17, 15) is 4.39 Å². The molecule has 124 valence electrons. The number of aryl methyl sites for hydroxylation is 1. The zero-order valence-corrected chi connectivity index (χ0v) is 14.3. The molecule has 4 heteroatoms. The summed E-state index contributed by atoms with van der Waals surface area (Å²) in [5.74, 6) is 0.392. The van der Waals surface area contributed by atoms with Crippen molar-refractivity contribution in [3.05, 3.63) is 88.5 Å². The lowest BCUT2D eigenvalue weighted by atomic mass is 9.98. The van der Waals surface area contributed by atoms with E-state index in [0.717, 1.165) is 33.4 Å². The molecule has 0 saturated carbocycles. The molecule has 0 aliphatic rings. The second kappa shape index (κ2) is 6.34. The number of nitrogens with zero attached hydrogens (tertiary/aromatic N) is 1. The molecule has 0 bridgehead atoms. The van der Waals surface area contributed by atoms with Gasteiger partial charge in [-0.2, -0.15) is 0 Å². The lowest BCUT2D eigenvalue weighted by Gasteiger charge is -2.08. The number of hydrogen-bond acceptors (Lipinski definition) is 2. The van der Waals surface area contributed by atoms with E-state index >= 15 is 0 Å². The van der Waals surface area contributed by atoms with Crippen LogP contribution in [0.5, 0.6) is 0 Å². The highest BCUT2D eigenvalue weighted by Crippen LogP contribution is 2.32. The molecule has 0 unspecified atom stereocenters. The summed E-state index contributed by atoms with van der Waals surface area (Å²) < 4.78 is 18.9. The van der Waals surface area contributed by atoms with Crippen molar-refractivity contribution in [1.82, 2.24) is 4.98 Å². The summed E-state index contributed by atoms with van der Waals surface area (Å²) in [4.78, 5) is 4.48. The Morgan fingerprint density at radius 1 is 1.00 bits per heavy atom. The Hall–Kier alpha value is -2.65. The van der Waals surface area contributed by atoms with E-state index in [2.05, 4.69) is 11.1 Å². The standard InChI is InChI=1S/C21H15ClFNO/c1-13-24-20-11-15(9-14-5-7-18(23)8-6-14)10-19(21(20)25-13)16-3-2-4-17(22)12-16/h2-8,10-12H,9H2,1H3. The van der Waals surface area contributed by atoms with Gasteiger partial charge in [0.15, 0.2) is 11.5 Å². The van der Waals surface area contributed by atoms with Crippen molar-refractivity contribution < 1.29 is 8.81 Å². The van der Waals surface area contributed by atoms with Crippen LogP contribution in [0, 0.1) is 12.7 Å². The topological polar surface area (TPSA) is 26.0 Å². The maximum Gasteiger partial charge on any atom is 0.192 e. The number of aromatic nitrogens is 1. The summed E-state index contributed by atoms with van der Waals surface area (Å²) in [6.07, 6.45) is 0.690. The predicted octanol–water partition coefficient (Wildman–Crippen LogP) is 6.19. The van der Waals surface area contributed by atoms with Gasteiger partial charge in [-0.15, -0.1) is 0 Å². The number of hydrogen-bond donors (Lipinski definition) is 0. The molecule has 25 heavy (non-hydrogen) atoms. The van der Waals surface area contributed by atoms with Gasteiger partial charge in [-0.3, -0.25) is 0 Å². The van der Waals surface area contributed by atoms with Gasteiger partial charge in [0, 0.05) is 17.5 Å². The van der Waals surface area contributed by atoms with Gasteiger partial charge in [0.1, 0.15) is 11.3 Å². The van der Waals surface area contributed by atoms with E-state index in [-0.39, 0.29) is 5.82 Å². The van der Waals surface area contributed by atoms with E-state index in [0.29, 0.717) is 17.3 Å². The highest BCUT2D eigenvalue weighted by Gasteiger charge is 2.13. The van der Waals surface area contributed by atoms with E-state index in [4.69, 9.17) is 16.0 Å². The Labute approximate surface area is 149 Å². The predicted molar refractivity (Wildman–Crippen MR) is 98.4 cm³/mol. The lowest BCUT2D eigenvalue weighted by Crippen LogP contribution is -1.91. The summed E-state index contributed by atoms with van der Waals surface area (Å²) in [6, 6.07) is 18.3. The first-order valence-corrected chi connectivity index (χ1v) is 8.37. The van der Waals surface area contributed by atoms with Gasteiger partial charge >= 0.3 is 0 Å². The Balaban J connectivity index is 1.84. The van der Waals surface area contributed by atoms with Crippen molar-refractivity contribution in [2.75, 3.05) is 0 Å². The van der Waals surface area contributed by atoms with Crippen LogP contribution in [0.2, 0.25) is 5.02 Å². The minimum atomic E-state index is -0.231. The van der Waals surface area contributed by atoms with Crippen molar-refractivity contribution in [3.63, 3.8) is 0 Å². The molecule has 0 atom stereocenters. The van der Waals surface area contributed by atoms with Gasteiger partial charge in [-0.1, -0.05) is 35.9 Å². The monoisotopic (exact) mass is 351 g/mol. The molecule has 2 nitrogen and oxygen atoms in total. The molecule has 0 spiro atoms. The van der Waals surface area contributed by atoms with Crippen LogP contribution in [-0.4, -0.2) is 4.98 Å². The van der Waals surface area contributed by atoms with Crippen LogP contribution in [0.3, 0.4) is 0 Å². The second-order valence-corrected chi connectivity index (χ2v) is 6.47. The van der Waals surface area contributed by atoms with Crippen LogP contribution in [0.15, 0.2) is 65.1 Å². The number of rotatable bonds is 3. The number of halogens is 2. The normalized spacial score (nSPS) is 11.2. The van der Waals surface area contributed by atoms with Crippen molar-refractivity contribution in [2.24, 2.45) is 0 Å². The van der Waals surface area contributed by atoms with E-state index in [1.807, 2.05) is 37.3 Å². The van der Waals surface area contributed by atoms with Gasteiger partial charge in [-0.05, 0) is 59.5 Å². The first kappa shape index (κ1) is 15.9. The number of fused-ring (bicyclic) bond motifs is 1. The fourth-order valence-electron chi connectivity index (χ4n) is 3.01. The third-order valence-electron chi connectivity index (χ3n) is 4.11. The zero-order valence-electron chi connectivity index (χ0n) is 13.6. The molecule has 0 amide bonds. The average Bonchev–Trinajstić information content (AvgIpc) is 2.96. The van der Waals surface area contributed by atoms with Gasteiger partial charge in [-0.25, -0.2) is 9.37 Å². The smallest absolute Gasteiger partial charge is 0.192 e. The third kappa shape index (κ3) is 3.28. The maximum absolute atomic E-state index is 13.1. The SMILES string of the molecule is Cc1nc2cc(Cc3ccc(F)cc3)cc(-c3cccc(Cl)c3)c2o1. The van der Waals surface area contributed by atoms with Crippen LogP contribution < -0.4 is 0 Å². The maximum atomic E-state index is 13.1. The van der Waals surface area contributed by atoms with Gasteiger partial charge in [0.05, 0.1) is 0 Å². The molecule has 1 aromatic heterocycles. The van der Waals surface area contributed by atoms with E-state index in [1.165, 1.54) is 12.1 Å². The Morgan fingerprint density at radius 2 is 1.80 bits per heavy atom. The molecular formula is C21H15ClFNO. The molecule has 0 fully saturated rings. The Bertz CT molecular complexity index is 1050. The molecular weight excluding hydrogens is 337 g/mol. The molecule has 4 aromatic rings. The largest absolute Gasteiger partial charge is 0.440 e. The summed E-state index contributed by atoms with van der Waals surface area (Å²) in [5.41, 5.74) is 5.63. The molecule has 0 aliphatic carbocycles. The quantitative estimate of drug-likeness (QED) is 0.440. The summed E-state index contributed by atoms with van der Waals surface area (Å²) >= 11 is 6.15. The average molecular weight is 352 g/mol. The van der Waals surface area contributed by atoms with Crippen LogP contribution in [0.4, 0.5) is 4.39 Å². The summed E-state index contributed by atoms with van der Waals surface area (Å²) in [6.45, 7) is 1.83. The van der Waals surface area contributed by atoms with E-state index in [1.54, 1.807) is 12.1 Å². The van der Waals surface area contributed by atoms with Crippen LogP contribution in [-0.2, 0) is 6.42 Å². The number of oxazole rings is 1. The first-order valence-electron chi connectivity index (χ1n) is 7.99. The van der Waals surface area contributed by atoms with Gasteiger partial charge in [0.25, 0.3) is 0 Å². The van der Waals surface area contributed by atoms with E-state index < -0.39 is 0 Å². The van der Waals surface area contributed by atoms with Crippen molar-refractivity contribution in [1.29, 1.82) is 0 Å². The molecule has 1 heterocycles. The third-order valence-corrected chi connectivity index (χ3v) is 4.35. The highest BCUT2D eigenvalue weighted by atomic mass is 35.5. The number of benzene rings is 3. The Morgan fingerprint density at radius 3 is 2.56 bits per heavy atom. The van der Waals surface area contributed by atoms with Gasteiger partial charge < -0.3 is 4.42 Å². The second-order valence-electron chi connectivity index (χ2n) is 6.04. The van der Waals surface area contributed by atoms with Crippen LogP contribution in [0.1, 0.15) is 17.0 Å². The molecule has 0 N–H and O–H groups in total. The van der Waals surface area contributed by atoms with Crippen molar-refractivity contribution >= 4 is 22.7 Å². The highest BCUT2D eigenvalue weighted by molar-refractivity contribution is 6.30. The summed E-state index contributed by atoms with van der Waals surface area (Å²) in [7, 11) is 0. The van der Waals surface area contributed by atoms with Crippen molar-refractivity contribution in [3.8, 4) is 11.1 Å². The fourth-order valence-corrected chi connectivity index (χ4v) is 3.20. The minimum absolute atomic E-state index is 0.231. The Kier molecular flexibility index (Phi) is 4.02. The summed E-state index contributed by atoms with van der Waals surface area (Å²) in [5, 5.41) is 0.672. The molecule has 0 saturated heterocycles. The minimum Gasteiger partial charge on any atom is -0.440 e. The molecule has 0 aliphatic heterocycles. The fraction of sp³-hybridized carbons (Fsp3) is 0.0952.